The summed E-state index contributed by atoms with van der Waals surface area (Å²) in [5.74, 6) is 0.843. The van der Waals surface area contributed by atoms with Crippen LogP contribution in [-0.4, -0.2) is 28.2 Å². The molecule has 0 aliphatic rings. The van der Waals surface area contributed by atoms with Crippen LogP contribution >= 0.6 is 11.8 Å². The molecule has 0 spiro atoms. The SMILES string of the molecule is CCC(O)(COc1ccc(C(F)(F)F)cc1)CSc1ccc(O)c(C)c1. The van der Waals surface area contributed by atoms with Crippen LogP contribution in [0.15, 0.2) is 47.4 Å². The number of benzene rings is 2. The number of aromatic hydroxyl groups is 1. The van der Waals surface area contributed by atoms with Gasteiger partial charge < -0.3 is 14.9 Å². The number of phenols is 1. The molecule has 2 N–H and O–H groups in total. The highest BCUT2D eigenvalue weighted by atomic mass is 32.2. The molecule has 3 nitrogen and oxygen atoms in total. The highest BCUT2D eigenvalue weighted by molar-refractivity contribution is 7.99. The number of halogens is 3. The molecule has 0 saturated heterocycles. The molecule has 0 bridgehead atoms. The second-order valence-electron chi connectivity index (χ2n) is 6.13. The third kappa shape index (κ3) is 5.57. The van der Waals surface area contributed by atoms with Gasteiger partial charge in [-0.2, -0.15) is 13.2 Å². The van der Waals surface area contributed by atoms with Crippen molar-refractivity contribution in [2.45, 2.75) is 36.9 Å². The summed E-state index contributed by atoms with van der Waals surface area (Å²) in [5, 5.41) is 20.2. The van der Waals surface area contributed by atoms with E-state index in [1.807, 2.05) is 13.0 Å². The van der Waals surface area contributed by atoms with E-state index in [0.29, 0.717) is 12.2 Å². The zero-order valence-corrected chi connectivity index (χ0v) is 15.3. The Morgan fingerprint density at radius 1 is 1.08 bits per heavy atom. The van der Waals surface area contributed by atoms with Gasteiger partial charge in [0.2, 0.25) is 0 Å². The maximum absolute atomic E-state index is 12.6. The first kappa shape index (κ1) is 20.5. The molecule has 1 atom stereocenters. The standard InChI is InChI=1S/C19H21F3O3S/c1-3-18(24,12-26-16-8-9-17(23)13(2)10-16)11-25-15-6-4-14(5-7-15)19(20,21)22/h4-10,23-24H,3,11-12H2,1-2H3. The molecule has 1 unspecified atom stereocenters. The molecule has 0 heterocycles. The first-order chi connectivity index (χ1) is 12.1. The van der Waals surface area contributed by atoms with Gasteiger partial charge in [0.05, 0.1) is 5.56 Å². The molecule has 7 heteroatoms. The van der Waals surface area contributed by atoms with Crippen molar-refractivity contribution in [3.63, 3.8) is 0 Å². The Morgan fingerprint density at radius 3 is 2.27 bits per heavy atom. The summed E-state index contributed by atoms with van der Waals surface area (Å²) in [7, 11) is 0. The Labute approximate surface area is 154 Å². The van der Waals surface area contributed by atoms with E-state index in [1.54, 1.807) is 19.1 Å². The minimum Gasteiger partial charge on any atom is -0.508 e. The second kappa shape index (κ2) is 8.22. The van der Waals surface area contributed by atoms with Gasteiger partial charge in [0.15, 0.2) is 0 Å². The topological polar surface area (TPSA) is 49.7 Å². The molecule has 0 amide bonds. The Balaban J connectivity index is 1.95. The number of aryl methyl sites for hydroxylation is 1. The van der Waals surface area contributed by atoms with Crippen LogP contribution in [0.5, 0.6) is 11.5 Å². The molecule has 26 heavy (non-hydrogen) atoms. The fourth-order valence-electron chi connectivity index (χ4n) is 2.14. The molecule has 0 aromatic heterocycles. The van der Waals surface area contributed by atoms with Gasteiger partial charge in [-0.05, 0) is 61.4 Å². The van der Waals surface area contributed by atoms with Crippen molar-refractivity contribution in [3.8, 4) is 11.5 Å². The fraction of sp³-hybridized carbons (Fsp3) is 0.368. The molecule has 0 aliphatic carbocycles. The lowest BCUT2D eigenvalue weighted by Gasteiger charge is -2.26. The van der Waals surface area contributed by atoms with Crippen molar-refractivity contribution >= 4 is 11.8 Å². The molecule has 0 radical (unpaired) electrons. The smallest absolute Gasteiger partial charge is 0.416 e. The van der Waals surface area contributed by atoms with Crippen molar-refractivity contribution in [2.75, 3.05) is 12.4 Å². The Bertz CT molecular complexity index is 732. The zero-order chi connectivity index (χ0) is 19.4. The van der Waals surface area contributed by atoms with E-state index < -0.39 is 17.3 Å². The summed E-state index contributed by atoms with van der Waals surface area (Å²) in [6.07, 6.45) is -3.96. The van der Waals surface area contributed by atoms with Crippen molar-refractivity contribution in [1.29, 1.82) is 0 Å². The number of rotatable bonds is 7. The maximum Gasteiger partial charge on any atom is 0.416 e. The highest BCUT2D eigenvalue weighted by Gasteiger charge is 2.30. The van der Waals surface area contributed by atoms with Crippen LogP contribution in [0, 0.1) is 6.92 Å². The quantitative estimate of drug-likeness (QED) is 0.655. The average molecular weight is 386 g/mol. The van der Waals surface area contributed by atoms with Crippen LogP contribution in [0.25, 0.3) is 0 Å². The first-order valence-electron chi connectivity index (χ1n) is 8.08. The van der Waals surface area contributed by atoms with Crippen molar-refractivity contribution < 1.29 is 28.1 Å². The molecule has 2 rings (SSSR count). The maximum atomic E-state index is 12.6. The number of thioether (sulfide) groups is 1. The van der Waals surface area contributed by atoms with Crippen molar-refractivity contribution in [2.24, 2.45) is 0 Å². The summed E-state index contributed by atoms with van der Waals surface area (Å²) in [6.45, 7) is 3.58. The number of hydrogen-bond donors (Lipinski definition) is 2. The van der Waals surface area contributed by atoms with Crippen LogP contribution in [0.2, 0.25) is 0 Å². The van der Waals surface area contributed by atoms with Crippen molar-refractivity contribution in [1.82, 2.24) is 0 Å². The van der Waals surface area contributed by atoms with E-state index in [2.05, 4.69) is 0 Å². The summed E-state index contributed by atoms with van der Waals surface area (Å²) in [6, 6.07) is 9.58. The van der Waals surface area contributed by atoms with E-state index in [1.165, 1.54) is 23.9 Å². The van der Waals surface area contributed by atoms with Crippen LogP contribution in [0.1, 0.15) is 24.5 Å². The Kier molecular flexibility index (Phi) is 6.47. The molecule has 2 aromatic carbocycles. The van der Waals surface area contributed by atoms with E-state index in [4.69, 9.17) is 4.74 Å². The number of ether oxygens (including phenoxy) is 1. The fourth-order valence-corrected chi connectivity index (χ4v) is 3.29. The van der Waals surface area contributed by atoms with Gasteiger partial charge in [0.1, 0.15) is 23.7 Å². The van der Waals surface area contributed by atoms with Crippen LogP contribution in [-0.2, 0) is 6.18 Å². The minimum atomic E-state index is -4.39. The van der Waals surface area contributed by atoms with Gasteiger partial charge in [-0.1, -0.05) is 6.92 Å². The van der Waals surface area contributed by atoms with Gasteiger partial charge in [0, 0.05) is 10.6 Å². The van der Waals surface area contributed by atoms with Gasteiger partial charge in [-0.15, -0.1) is 11.8 Å². The predicted octanol–water partition coefficient (Wildman–Crippen LogP) is 5.03. The summed E-state index contributed by atoms with van der Waals surface area (Å²) >= 11 is 1.43. The largest absolute Gasteiger partial charge is 0.508 e. The normalized spacial score (nSPS) is 14.1. The summed E-state index contributed by atoms with van der Waals surface area (Å²) in [5.41, 5.74) is -1.12. The molecule has 2 aromatic rings. The monoisotopic (exact) mass is 386 g/mol. The lowest BCUT2D eigenvalue weighted by Crippen LogP contribution is -2.38. The third-order valence-electron chi connectivity index (χ3n) is 4.02. The Hall–Kier alpha value is -1.86. The van der Waals surface area contributed by atoms with Gasteiger partial charge in [-0.3, -0.25) is 0 Å². The highest BCUT2D eigenvalue weighted by Crippen LogP contribution is 2.31. The van der Waals surface area contributed by atoms with Crippen LogP contribution in [0.4, 0.5) is 13.2 Å². The Morgan fingerprint density at radius 2 is 1.73 bits per heavy atom. The minimum absolute atomic E-state index is 0.0288. The van der Waals surface area contributed by atoms with Gasteiger partial charge in [-0.25, -0.2) is 0 Å². The molecule has 0 saturated carbocycles. The molecule has 0 aliphatic heterocycles. The second-order valence-corrected chi connectivity index (χ2v) is 7.17. The van der Waals surface area contributed by atoms with Gasteiger partial charge in [0.25, 0.3) is 0 Å². The first-order valence-corrected chi connectivity index (χ1v) is 9.06. The van der Waals surface area contributed by atoms with E-state index in [0.717, 1.165) is 22.6 Å². The molecule has 0 fully saturated rings. The predicted molar refractivity (Wildman–Crippen MR) is 95.7 cm³/mol. The van der Waals surface area contributed by atoms with E-state index in [-0.39, 0.29) is 18.1 Å². The van der Waals surface area contributed by atoms with Crippen LogP contribution in [0.3, 0.4) is 0 Å². The van der Waals surface area contributed by atoms with E-state index >= 15 is 0 Å². The number of aliphatic hydroxyl groups is 1. The number of alkyl halides is 3. The summed E-state index contributed by atoms with van der Waals surface area (Å²) < 4.78 is 43.2. The molecular weight excluding hydrogens is 365 g/mol. The number of phenolic OH excluding ortho intramolecular Hbond substituents is 1. The molecule has 142 valence electrons. The third-order valence-corrected chi connectivity index (χ3v) is 5.29. The average Bonchev–Trinajstić information content (AvgIpc) is 2.60. The lowest BCUT2D eigenvalue weighted by atomic mass is 10.1. The zero-order valence-electron chi connectivity index (χ0n) is 14.5. The lowest BCUT2D eigenvalue weighted by molar-refractivity contribution is -0.137. The van der Waals surface area contributed by atoms with E-state index in [9.17, 15) is 23.4 Å². The summed E-state index contributed by atoms with van der Waals surface area (Å²) in [4.78, 5) is 0.904. The molecular formula is C19H21F3O3S. The van der Waals surface area contributed by atoms with Crippen LogP contribution < -0.4 is 4.74 Å². The number of hydrogen-bond acceptors (Lipinski definition) is 4. The van der Waals surface area contributed by atoms with Crippen molar-refractivity contribution in [3.05, 3.63) is 53.6 Å². The van der Waals surface area contributed by atoms with Gasteiger partial charge >= 0.3 is 6.18 Å².